The molecule has 1 atom stereocenters. The van der Waals surface area contributed by atoms with Crippen LogP contribution < -0.4 is 9.47 Å². The third-order valence-corrected chi connectivity index (χ3v) is 4.48. The van der Waals surface area contributed by atoms with Gasteiger partial charge >= 0.3 is 0 Å². The van der Waals surface area contributed by atoms with Gasteiger partial charge in [-0.05, 0) is 48.0 Å². The number of nitrogens with zero attached hydrogens (tertiary/aromatic N) is 1. The van der Waals surface area contributed by atoms with Gasteiger partial charge in [0, 0.05) is 24.0 Å². The maximum absolute atomic E-state index is 6.02. The summed E-state index contributed by atoms with van der Waals surface area (Å²) in [6.07, 6.45) is 0. The molecule has 0 saturated carbocycles. The van der Waals surface area contributed by atoms with Gasteiger partial charge < -0.3 is 14.4 Å². The number of rotatable bonds is 3. The Kier molecular flexibility index (Phi) is 4.27. The van der Waals surface area contributed by atoms with Crippen molar-refractivity contribution in [3.63, 3.8) is 0 Å². The first-order chi connectivity index (χ1) is 10.6. The smallest absolute Gasteiger partial charge is 0.161 e. The number of benzene rings is 2. The maximum Gasteiger partial charge on any atom is 0.161 e. The summed E-state index contributed by atoms with van der Waals surface area (Å²) in [5.74, 6) is 1.88. The second-order valence-corrected chi connectivity index (χ2v) is 6.14. The van der Waals surface area contributed by atoms with Crippen molar-refractivity contribution in [3.05, 3.63) is 58.1 Å². The molecule has 1 aliphatic heterocycles. The van der Waals surface area contributed by atoms with Gasteiger partial charge in [0.15, 0.2) is 11.5 Å². The van der Waals surface area contributed by atoms with Crippen molar-refractivity contribution in [1.82, 2.24) is 4.90 Å². The van der Waals surface area contributed by atoms with Crippen LogP contribution >= 0.6 is 11.6 Å². The molecule has 1 aliphatic rings. The lowest BCUT2D eigenvalue weighted by molar-refractivity contribution is 0.291. The Morgan fingerprint density at radius 2 is 1.68 bits per heavy atom. The topological polar surface area (TPSA) is 21.7 Å². The second-order valence-electron chi connectivity index (χ2n) is 5.71. The monoisotopic (exact) mass is 317 g/mol. The Morgan fingerprint density at radius 1 is 1.05 bits per heavy atom. The Hall–Kier alpha value is -1.71. The molecule has 1 heterocycles. The summed E-state index contributed by atoms with van der Waals surface area (Å²) < 4.78 is 10.9. The van der Waals surface area contributed by atoms with E-state index in [1.54, 1.807) is 14.2 Å². The van der Waals surface area contributed by atoms with Crippen molar-refractivity contribution in [2.24, 2.45) is 0 Å². The van der Waals surface area contributed by atoms with Gasteiger partial charge in [-0.2, -0.15) is 0 Å². The van der Waals surface area contributed by atoms with Crippen LogP contribution in [0.3, 0.4) is 0 Å². The molecule has 1 unspecified atom stereocenters. The summed E-state index contributed by atoms with van der Waals surface area (Å²) >= 11 is 6.02. The standard InChI is InChI=1S/C18H20ClNO2/c1-20-10-13-8-17(21-2)18(22-3)9-15(13)16(11-20)12-4-6-14(19)7-5-12/h4-9,16H,10-11H2,1-3H3. The molecule has 4 heteroatoms. The zero-order valence-corrected chi connectivity index (χ0v) is 13.9. The number of hydrogen-bond donors (Lipinski definition) is 0. The van der Waals surface area contributed by atoms with Crippen LogP contribution in [-0.4, -0.2) is 32.7 Å². The van der Waals surface area contributed by atoms with Crippen molar-refractivity contribution < 1.29 is 9.47 Å². The zero-order chi connectivity index (χ0) is 15.7. The van der Waals surface area contributed by atoms with E-state index >= 15 is 0 Å². The Labute approximate surface area is 136 Å². The molecule has 0 radical (unpaired) electrons. The van der Waals surface area contributed by atoms with Crippen molar-refractivity contribution in [2.45, 2.75) is 12.5 Å². The molecule has 0 aliphatic carbocycles. The lowest BCUT2D eigenvalue weighted by Gasteiger charge is -2.33. The van der Waals surface area contributed by atoms with E-state index in [0.717, 1.165) is 29.6 Å². The zero-order valence-electron chi connectivity index (χ0n) is 13.1. The van der Waals surface area contributed by atoms with Crippen LogP contribution in [0.5, 0.6) is 11.5 Å². The highest BCUT2D eigenvalue weighted by Crippen LogP contribution is 2.39. The molecular weight excluding hydrogens is 298 g/mol. The molecule has 0 fully saturated rings. The van der Waals surface area contributed by atoms with Crippen LogP contribution in [-0.2, 0) is 6.54 Å². The minimum Gasteiger partial charge on any atom is -0.493 e. The third-order valence-electron chi connectivity index (χ3n) is 4.23. The van der Waals surface area contributed by atoms with Gasteiger partial charge in [-0.1, -0.05) is 23.7 Å². The highest BCUT2D eigenvalue weighted by atomic mass is 35.5. The van der Waals surface area contributed by atoms with E-state index in [2.05, 4.69) is 36.2 Å². The molecule has 0 spiro atoms. The Balaban J connectivity index is 2.09. The number of hydrogen-bond acceptors (Lipinski definition) is 3. The number of ether oxygens (including phenoxy) is 2. The highest BCUT2D eigenvalue weighted by Gasteiger charge is 2.26. The summed E-state index contributed by atoms with van der Waals surface area (Å²) in [7, 11) is 5.49. The largest absolute Gasteiger partial charge is 0.493 e. The van der Waals surface area contributed by atoms with Crippen LogP contribution in [0.1, 0.15) is 22.6 Å². The second kappa shape index (κ2) is 6.19. The average molecular weight is 318 g/mol. The fourth-order valence-electron chi connectivity index (χ4n) is 3.14. The molecule has 3 rings (SSSR count). The van der Waals surface area contributed by atoms with Crippen molar-refractivity contribution in [3.8, 4) is 11.5 Å². The first-order valence-corrected chi connectivity index (χ1v) is 7.69. The lowest BCUT2D eigenvalue weighted by Crippen LogP contribution is -2.31. The summed E-state index contributed by atoms with van der Waals surface area (Å²) in [5, 5.41) is 0.764. The first kappa shape index (κ1) is 15.2. The van der Waals surface area contributed by atoms with Crippen LogP contribution in [0, 0.1) is 0 Å². The number of likely N-dealkylation sites (N-methyl/N-ethyl adjacent to an activating group) is 1. The van der Waals surface area contributed by atoms with E-state index in [1.165, 1.54) is 16.7 Å². The van der Waals surface area contributed by atoms with E-state index in [9.17, 15) is 0 Å². The number of fused-ring (bicyclic) bond motifs is 1. The van der Waals surface area contributed by atoms with Crippen molar-refractivity contribution in [1.29, 1.82) is 0 Å². The third kappa shape index (κ3) is 2.79. The van der Waals surface area contributed by atoms with Crippen LogP contribution in [0.15, 0.2) is 36.4 Å². The van der Waals surface area contributed by atoms with Gasteiger partial charge in [0.1, 0.15) is 0 Å². The highest BCUT2D eigenvalue weighted by molar-refractivity contribution is 6.30. The minimum atomic E-state index is 0.311. The molecule has 2 aromatic rings. The van der Waals surface area contributed by atoms with E-state index in [-0.39, 0.29) is 0 Å². The average Bonchev–Trinajstić information content (AvgIpc) is 2.53. The van der Waals surface area contributed by atoms with E-state index in [0.29, 0.717) is 5.92 Å². The summed E-state index contributed by atoms with van der Waals surface area (Å²) in [6.45, 7) is 1.89. The van der Waals surface area contributed by atoms with Gasteiger partial charge in [-0.3, -0.25) is 0 Å². The van der Waals surface area contributed by atoms with Gasteiger partial charge in [0.2, 0.25) is 0 Å². The SMILES string of the molecule is COc1cc2c(cc1OC)C(c1ccc(Cl)cc1)CN(C)C2. The van der Waals surface area contributed by atoms with Crippen LogP contribution in [0.25, 0.3) is 0 Å². The van der Waals surface area contributed by atoms with E-state index < -0.39 is 0 Å². The molecule has 3 nitrogen and oxygen atoms in total. The van der Waals surface area contributed by atoms with Crippen molar-refractivity contribution in [2.75, 3.05) is 27.8 Å². The molecule has 0 aromatic heterocycles. The molecule has 22 heavy (non-hydrogen) atoms. The summed E-state index contributed by atoms with van der Waals surface area (Å²) in [4.78, 5) is 2.33. The normalized spacial score (nSPS) is 17.9. The molecule has 116 valence electrons. The molecule has 2 aromatic carbocycles. The fourth-order valence-corrected chi connectivity index (χ4v) is 3.27. The molecular formula is C18H20ClNO2. The minimum absolute atomic E-state index is 0.311. The first-order valence-electron chi connectivity index (χ1n) is 7.31. The van der Waals surface area contributed by atoms with Gasteiger partial charge in [0.25, 0.3) is 0 Å². The molecule has 0 amide bonds. The fraction of sp³-hybridized carbons (Fsp3) is 0.333. The maximum atomic E-state index is 6.02. The predicted octanol–water partition coefficient (Wildman–Crippen LogP) is 3.93. The predicted molar refractivity (Wildman–Crippen MR) is 89.2 cm³/mol. The number of halogens is 1. The lowest BCUT2D eigenvalue weighted by atomic mass is 9.84. The van der Waals surface area contributed by atoms with Gasteiger partial charge in [0.05, 0.1) is 14.2 Å². The molecule has 0 N–H and O–H groups in total. The van der Waals surface area contributed by atoms with Crippen LogP contribution in [0.4, 0.5) is 0 Å². The molecule has 0 bridgehead atoms. The van der Waals surface area contributed by atoms with Gasteiger partial charge in [-0.25, -0.2) is 0 Å². The Morgan fingerprint density at radius 3 is 2.32 bits per heavy atom. The van der Waals surface area contributed by atoms with Crippen molar-refractivity contribution >= 4 is 11.6 Å². The quantitative estimate of drug-likeness (QED) is 0.856. The Bertz CT molecular complexity index is 670. The summed E-state index contributed by atoms with van der Waals surface area (Å²) in [5.41, 5.74) is 3.86. The van der Waals surface area contributed by atoms with E-state index in [1.807, 2.05) is 12.1 Å². The van der Waals surface area contributed by atoms with Gasteiger partial charge in [-0.15, -0.1) is 0 Å². The molecule has 0 saturated heterocycles. The number of methoxy groups -OCH3 is 2. The summed E-state index contributed by atoms with van der Waals surface area (Å²) in [6, 6.07) is 12.3. The van der Waals surface area contributed by atoms with Crippen LogP contribution in [0.2, 0.25) is 5.02 Å². The van der Waals surface area contributed by atoms with E-state index in [4.69, 9.17) is 21.1 Å².